The maximum atomic E-state index is 13.8. The maximum absolute atomic E-state index is 13.8. The van der Waals surface area contributed by atoms with E-state index in [0.29, 0.717) is 17.5 Å². The van der Waals surface area contributed by atoms with E-state index in [4.69, 9.17) is 11.6 Å². The third-order valence-electron chi connectivity index (χ3n) is 3.67. The summed E-state index contributed by atoms with van der Waals surface area (Å²) in [6.07, 6.45) is 1.15. The van der Waals surface area contributed by atoms with Crippen molar-refractivity contribution in [3.63, 3.8) is 0 Å². The summed E-state index contributed by atoms with van der Waals surface area (Å²) < 4.78 is 13.8. The van der Waals surface area contributed by atoms with Crippen molar-refractivity contribution < 1.29 is 4.39 Å². The minimum atomic E-state index is -0.276. The molecule has 0 amide bonds. The predicted octanol–water partition coefficient (Wildman–Crippen LogP) is 2.91. The number of hydrogen-bond acceptors (Lipinski definition) is 2. The van der Waals surface area contributed by atoms with Crippen LogP contribution < -0.4 is 5.32 Å². The summed E-state index contributed by atoms with van der Waals surface area (Å²) in [7, 11) is 1.98. The highest BCUT2D eigenvalue weighted by atomic mass is 35.5. The molecule has 1 aliphatic heterocycles. The summed E-state index contributed by atoms with van der Waals surface area (Å²) in [6.45, 7) is 5.94. The second kappa shape index (κ2) is 5.55. The van der Waals surface area contributed by atoms with Gasteiger partial charge in [0.15, 0.2) is 0 Å². The van der Waals surface area contributed by atoms with Crippen LogP contribution in [-0.2, 0) is 6.54 Å². The van der Waals surface area contributed by atoms with Crippen molar-refractivity contribution in [3.8, 4) is 0 Å². The van der Waals surface area contributed by atoms with E-state index >= 15 is 0 Å². The number of nitrogens with one attached hydrogen (secondary N) is 1. The molecule has 0 aromatic heterocycles. The van der Waals surface area contributed by atoms with Gasteiger partial charge in [-0.25, -0.2) is 4.39 Å². The van der Waals surface area contributed by atoms with Crippen molar-refractivity contribution >= 4 is 11.6 Å². The molecular formula is C14H20ClFN2. The molecule has 1 aliphatic rings. The molecule has 0 spiro atoms. The Bertz CT molecular complexity index is 424. The molecule has 1 unspecified atom stereocenters. The standard InChI is InChI=1S/C14H20ClFN2/c1-14(9-17-2)6-7-18(10-14)8-11-4-3-5-12(15)13(11)16/h3-5,17H,6-10H2,1-2H3. The van der Waals surface area contributed by atoms with E-state index < -0.39 is 0 Å². The number of hydrogen-bond donors (Lipinski definition) is 1. The summed E-state index contributed by atoms with van der Waals surface area (Å²) in [6, 6.07) is 5.22. The van der Waals surface area contributed by atoms with Gasteiger partial charge in [0, 0.05) is 25.2 Å². The Morgan fingerprint density at radius 3 is 3.00 bits per heavy atom. The van der Waals surface area contributed by atoms with E-state index in [0.717, 1.165) is 26.1 Å². The van der Waals surface area contributed by atoms with Crippen LogP contribution in [0.2, 0.25) is 5.02 Å². The average molecular weight is 271 g/mol. The van der Waals surface area contributed by atoms with E-state index in [9.17, 15) is 4.39 Å². The predicted molar refractivity (Wildman–Crippen MR) is 73.3 cm³/mol. The minimum Gasteiger partial charge on any atom is -0.319 e. The van der Waals surface area contributed by atoms with Gasteiger partial charge in [-0.05, 0) is 31.5 Å². The molecule has 100 valence electrons. The van der Waals surface area contributed by atoms with Crippen molar-refractivity contribution in [2.45, 2.75) is 19.9 Å². The van der Waals surface area contributed by atoms with Gasteiger partial charge in [-0.3, -0.25) is 4.90 Å². The first kappa shape index (κ1) is 13.8. The highest BCUT2D eigenvalue weighted by molar-refractivity contribution is 6.30. The first-order valence-electron chi connectivity index (χ1n) is 6.34. The highest BCUT2D eigenvalue weighted by Crippen LogP contribution is 2.30. The van der Waals surface area contributed by atoms with Gasteiger partial charge in [-0.1, -0.05) is 30.7 Å². The summed E-state index contributed by atoms with van der Waals surface area (Å²) in [5.74, 6) is -0.276. The monoisotopic (exact) mass is 270 g/mol. The lowest BCUT2D eigenvalue weighted by atomic mass is 9.90. The van der Waals surface area contributed by atoms with Gasteiger partial charge in [0.25, 0.3) is 0 Å². The van der Waals surface area contributed by atoms with E-state index in [1.54, 1.807) is 6.07 Å². The van der Waals surface area contributed by atoms with Crippen molar-refractivity contribution in [1.82, 2.24) is 10.2 Å². The maximum Gasteiger partial charge on any atom is 0.146 e. The Kier molecular flexibility index (Phi) is 4.25. The van der Waals surface area contributed by atoms with Gasteiger partial charge in [-0.15, -0.1) is 0 Å². The van der Waals surface area contributed by atoms with Crippen LogP contribution in [0, 0.1) is 11.2 Å². The number of likely N-dealkylation sites (tertiary alicyclic amines) is 1. The van der Waals surface area contributed by atoms with E-state index in [-0.39, 0.29) is 10.8 Å². The Morgan fingerprint density at radius 1 is 1.50 bits per heavy atom. The van der Waals surface area contributed by atoms with Crippen molar-refractivity contribution in [2.24, 2.45) is 5.41 Å². The van der Waals surface area contributed by atoms with E-state index in [1.165, 1.54) is 0 Å². The third kappa shape index (κ3) is 3.02. The second-order valence-corrected chi connectivity index (χ2v) is 5.92. The lowest BCUT2D eigenvalue weighted by molar-refractivity contribution is 0.263. The SMILES string of the molecule is CNCC1(C)CCN(Cc2cccc(Cl)c2F)C1. The molecule has 0 saturated carbocycles. The van der Waals surface area contributed by atoms with Gasteiger partial charge in [-0.2, -0.15) is 0 Å². The van der Waals surface area contributed by atoms with Crippen LogP contribution in [-0.4, -0.2) is 31.6 Å². The second-order valence-electron chi connectivity index (χ2n) is 5.51. The van der Waals surface area contributed by atoms with Crippen molar-refractivity contribution in [2.75, 3.05) is 26.7 Å². The van der Waals surface area contributed by atoms with Crippen LogP contribution in [0.5, 0.6) is 0 Å². The fraction of sp³-hybridized carbons (Fsp3) is 0.571. The molecule has 0 aliphatic carbocycles. The molecule has 2 nitrogen and oxygen atoms in total. The Labute approximate surface area is 113 Å². The molecule has 1 fully saturated rings. The molecule has 1 aromatic carbocycles. The Morgan fingerprint density at radius 2 is 2.28 bits per heavy atom. The molecule has 0 bridgehead atoms. The smallest absolute Gasteiger partial charge is 0.146 e. The topological polar surface area (TPSA) is 15.3 Å². The van der Waals surface area contributed by atoms with E-state index in [2.05, 4.69) is 17.1 Å². The van der Waals surface area contributed by atoms with Crippen LogP contribution in [0.25, 0.3) is 0 Å². The molecular weight excluding hydrogens is 251 g/mol. The van der Waals surface area contributed by atoms with Gasteiger partial charge in [0.2, 0.25) is 0 Å². The first-order valence-corrected chi connectivity index (χ1v) is 6.72. The molecule has 4 heteroatoms. The van der Waals surface area contributed by atoms with Gasteiger partial charge in [0.05, 0.1) is 5.02 Å². The average Bonchev–Trinajstić information content (AvgIpc) is 2.67. The molecule has 0 radical (unpaired) electrons. The molecule has 1 heterocycles. The molecule has 1 aromatic rings. The molecule has 2 rings (SSSR count). The minimum absolute atomic E-state index is 0.213. The lowest BCUT2D eigenvalue weighted by Crippen LogP contribution is -2.33. The van der Waals surface area contributed by atoms with Gasteiger partial charge < -0.3 is 5.32 Å². The third-order valence-corrected chi connectivity index (χ3v) is 3.96. The van der Waals surface area contributed by atoms with E-state index in [1.807, 2.05) is 19.2 Å². The zero-order valence-corrected chi connectivity index (χ0v) is 11.7. The van der Waals surface area contributed by atoms with Crippen molar-refractivity contribution in [3.05, 3.63) is 34.6 Å². The highest BCUT2D eigenvalue weighted by Gasteiger charge is 2.33. The quantitative estimate of drug-likeness (QED) is 0.905. The normalized spacial score (nSPS) is 24.7. The molecule has 1 atom stereocenters. The van der Waals surface area contributed by atoms with Gasteiger partial charge in [0.1, 0.15) is 5.82 Å². The van der Waals surface area contributed by atoms with Crippen LogP contribution >= 0.6 is 11.6 Å². The number of rotatable bonds is 4. The van der Waals surface area contributed by atoms with Crippen LogP contribution in [0.3, 0.4) is 0 Å². The number of benzene rings is 1. The summed E-state index contributed by atoms with van der Waals surface area (Å²) in [5.41, 5.74) is 0.986. The lowest BCUT2D eigenvalue weighted by Gasteiger charge is -2.24. The molecule has 1 saturated heterocycles. The summed E-state index contributed by atoms with van der Waals surface area (Å²) >= 11 is 5.80. The fourth-order valence-electron chi connectivity index (χ4n) is 2.74. The van der Waals surface area contributed by atoms with Crippen LogP contribution in [0.4, 0.5) is 4.39 Å². The Balaban J connectivity index is 2.01. The fourth-order valence-corrected chi connectivity index (χ4v) is 2.94. The van der Waals surface area contributed by atoms with Crippen molar-refractivity contribution in [1.29, 1.82) is 0 Å². The van der Waals surface area contributed by atoms with Crippen LogP contribution in [0.1, 0.15) is 18.9 Å². The zero-order chi connectivity index (χ0) is 13.2. The molecule has 1 N–H and O–H groups in total. The summed E-state index contributed by atoms with van der Waals surface area (Å²) in [4.78, 5) is 2.30. The Hall–Kier alpha value is -0.640. The van der Waals surface area contributed by atoms with Crippen LogP contribution in [0.15, 0.2) is 18.2 Å². The summed E-state index contributed by atoms with van der Waals surface area (Å²) in [5, 5.41) is 3.45. The zero-order valence-electron chi connectivity index (χ0n) is 11.0. The number of halogens is 2. The largest absolute Gasteiger partial charge is 0.319 e. The van der Waals surface area contributed by atoms with Gasteiger partial charge >= 0.3 is 0 Å². The number of nitrogens with zero attached hydrogens (tertiary/aromatic N) is 1. The molecule has 18 heavy (non-hydrogen) atoms. The first-order chi connectivity index (χ1) is 8.54.